The van der Waals surface area contributed by atoms with E-state index in [4.69, 9.17) is 0 Å². The summed E-state index contributed by atoms with van der Waals surface area (Å²) < 4.78 is 2.01. The highest BCUT2D eigenvalue weighted by atomic mass is 15.3. The van der Waals surface area contributed by atoms with E-state index in [9.17, 15) is 0 Å². The number of rotatable bonds is 5. The minimum Gasteiger partial charge on any atom is -0.312 e. The summed E-state index contributed by atoms with van der Waals surface area (Å²) in [5.41, 5.74) is 2.72. The molecule has 1 aromatic carbocycles. The predicted octanol–water partition coefficient (Wildman–Crippen LogP) is 2.73. The third-order valence-electron chi connectivity index (χ3n) is 3.95. The highest BCUT2D eigenvalue weighted by Crippen LogP contribution is 2.36. The molecular formula is C16H21N3. The maximum absolute atomic E-state index is 4.30. The lowest BCUT2D eigenvalue weighted by atomic mass is 9.76. The van der Waals surface area contributed by atoms with Gasteiger partial charge in [-0.15, -0.1) is 0 Å². The quantitative estimate of drug-likeness (QED) is 0.890. The van der Waals surface area contributed by atoms with Crippen LogP contribution in [0.1, 0.15) is 29.9 Å². The second-order valence-corrected chi connectivity index (χ2v) is 5.51. The van der Waals surface area contributed by atoms with Crippen molar-refractivity contribution in [3.63, 3.8) is 0 Å². The minimum absolute atomic E-state index is 0.682. The summed E-state index contributed by atoms with van der Waals surface area (Å²) in [6, 6.07) is 11.5. The Morgan fingerprint density at radius 3 is 2.74 bits per heavy atom. The van der Waals surface area contributed by atoms with Gasteiger partial charge in [-0.3, -0.25) is 4.68 Å². The second-order valence-electron chi connectivity index (χ2n) is 5.51. The highest BCUT2D eigenvalue weighted by molar-refractivity contribution is 5.22. The smallest absolute Gasteiger partial charge is 0.0534 e. The van der Waals surface area contributed by atoms with Gasteiger partial charge < -0.3 is 5.32 Å². The van der Waals surface area contributed by atoms with Crippen molar-refractivity contribution in [3.8, 4) is 0 Å². The van der Waals surface area contributed by atoms with E-state index in [1.165, 1.54) is 24.0 Å². The molecule has 0 atom stereocenters. The molecule has 19 heavy (non-hydrogen) atoms. The Kier molecular flexibility index (Phi) is 3.65. The van der Waals surface area contributed by atoms with E-state index in [0.29, 0.717) is 6.04 Å². The van der Waals surface area contributed by atoms with Crippen molar-refractivity contribution < 1.29 is 0 Å². The Balaban J connectivity index is 1.38. The molecule has 1 aromatic heterocycles. The van der Waals surface area contributed by atoms with Crippen LogP contribution in [0.25, 0.3) is 0 Å². The SMILES string of the molecule is Cc1cnn(CCNC2CC(c3ccccc3)C2)c1. The molecule has 2 aromatic rings. The van der Waals surface area contributed by atoms with Gasteiger partial charge in [0, 0.05) is 18.8 Å². The van der Waals surface area contributed by atoms with Crippen LogP contribution < -0.4 is 5.32 Å². The molecule has 3 rings (SSSR count). The third-order valence-corrected chi connectivity index (χ3v) is 3.95. The molecule has 3 nitrogen and oxygen atoms in total. The molecule has 0 bridgehead atoms. The average molecular weight is 255 g/mol. The van der Waals surface area contributed by atoms with Crippen LogP contribution in [0.4, 0.5) is 0 Å². The molecule has 0 radical (unpaired) electrons. The maximum atomic E-state index is 4.30. The standard InChI is InChI=1S/C16H21N3/c1-13-11-18-19(12-13)8-7-17-16-9-15(10-16)14-5-3-2-4-6-14/h2-6,11-12,15-17H,7-10H2,1H3. The largest absolute Gasteiger partial charge is 0.312 e. The van der Waals surface area contributed by atoms with Crippen molar-refractivity contribution in [1.29, 1.82) is 0 Å². The van der Waals surface area contributed by atoms with Crippen molar-refractivity contribution in [2.24, 2.45) is 0 Å². The number of hydrogen-bond acceptors (Lipinski definition) is 2. The van der Waals surface area contributed by atoms with Crippen LogP contribution in [-0.2, 0) is 6.54 Å². The number of benzene rings is 1. The van der Waals surface area contributed by atoms with Crippen LogP contribution in [0.5, 0.6) is 0 Å². The molecular weight excluding hydrogens is 234 g/mol. The van der Waals surface area contributed by atoms with Crippen molar-refractivity contribution >= 4 is 0 Å². The van der Waals surface area contributed by atoms with Crippen LogP contribution in [-0.4, -0.2) is 22.4 Å². The van der Waals surface area contributed by atoms with Crippen LogP contribution in [0.15, 0.2) is 42.7 Å². The zero-order valence-electron chi connectivity index (χ0n) is 11.4. The average Bonchev–Trinajstić information content (AvgIpc) is 2.79. The maximum Gasteiger partial charge on any atom is 0.0534 e. The second kappa shape index (κ2) is 5.57. The van der Waals surface area contributed by atoms with Gasteiger partial charge in [0.25, 0.3) is 0 Å². The Bertz CT molecular complexity index is 512. The monoisotopic (exact) mass is 255 g/mol. The van der Waals surface area contributed by atoms with Crippen LogP contribution in [0, 0.1) is 6.92 Å². The number of aryl methyl sites for hydroxylation is 1. The first kappa shape index (κ1) is 12.4. The van der Waals surface area contributed by atoms with Gasteiger partial charge in [-0.2, -0.15) is 5.10 Å². The highest BCUT2D eigenvalue weighted by Gasteiger charge is 2.29. The number of hydrogen-bond donors (Lipinski definition) is 1. The van der Waals surface area contributed by atoms with Gasteiger partial charge in [0.15, 0.2) is 0 Å². The van der Waals surface area contributed by atoms with E-state index in [2.05, 4.69) is 53.9 Å². The normalized spacial score (nSPS) is 22.2. The zero-order valence-corrected chi connectivity index (χ0v) is 11.4. The number of nitrogens with one attached hydrogen (secondary N) is 1. The molecule has 0 saturated heterocycles. The summed E-state index contributed by atoms with van der Waals surface area (Å²) >= 11 is 0. The molecule has 1 heterocycles. The zero-order chi connectivity index (χ0) is 13.1. The van der Waals surface area contributed by atoms with Gasteiger partial charge in [0.2, 0.25) is 0 Å². The molecule has 0 unspecified atom stereocenters. The topological polar surface area (TPSA) is 29.9 Å². The lowest BCUT2D eigenvalue weighted by molar-refractivity contribution is 0.286. The Labute approximate surface area is 114 Å². The first-order valence-electron chi connectivity index (χ1n) is 7.08. The molecule has 3 heteroatoms. The molecule has 0 spiro atoms. The van der Waals surface area contributed by atoms with Gasteiger partial charge >= 0.3 is 0 Å². The summed E-state index contributed by atoms with van der Waals surface area (Å²) in [7, 11) is 0. The summed E-state index contributed by atoms with van der Waals surface area (Å²) in [4.78, 5) is 0. The van der Waals surface area contributed by atoms with Gasteiger partial charge in [0.1, 0.15) is 0 Å². The molecule has 1 aliphatic carbocycles. The molecule has 1 fully saturated rings. The lowest BCUT2D eigenvalue weighted by Crippen LogP contribution is -2.41. The van der Waals surface area contributed by atoms with E-state index in [1.807, 2.05) is 10.9 Å². The molecule has 100 valence electrons. The van der Waals surface area contributed by atoms with Crippen LogP contribution >= 0.6 is 0 Å². The fourth-order valence-electron chi connectivity index (χ4n) is 2.75. The van der Waals surface area contributed by atoms with Crippen LogP contribution in [0.2, 0.25) is 0 Å². The first-order valence-corrected chi connectivity index (χ1v) is 7.08. The number of nitrogens with zero attached hydrogens (tertiary/aromatic N) is 2. The van der Waals surface area contributed by atoms with Crippen molar-refractivity contribution in [2.75, 3.05) is 6.54 Å². The third kappa shape index (κ3) is 3.04. The summed E-state index contributed by atoms with van der Waals surface area (Å²) in [5, 5.41) is 7.91. The Hall–Kier alpha value is -1.61. The van der Waals surface area contributed by atoms with Crippen LogP contribution in [0.3, 0.4) is 0 Å². The van der Waals surface area contributed by atoms with E-state index in [0.717, 1.165) is 19.0 Å². The van der Waals surface area contributed by atoms with E-state index in [1.54, 1.807) is 0 Å². The molecule has 1 saturated carbocycles. The van der Waals surface area contributed by atoms with Gasteiger partial charge in [-0.05, 0) is 36.8 Å². The lowest BCUT2D eigenvalue weighted by Gasteiger charge is -2.36. The van der Waals surface area contributed by atoms with E-state index >= 15 is 0 Å². The van der Waals surface area contributed by atoms with Crippen molar-refractivity contribution in [1.82, 2.24) is 15.1 Å². The fraction of sp³-hybridized carbons (Fsp3) is 0.438. The Morgan fingerprint density at radius 1 is 1.26 bits per heavy atom. The number of aromatic nitrogens is 2. The fourth-order valence-corrected chi connectivity index (χ4v) is 2.75. The van der Waals surface area contributed by atoms with Gasteiger partial charge in [0.05, 0.1) is 12.7 Å². The van der Waals surface area contributed by atoms with Crippen molar-refractivity contribution in [3.05, 3.63) is 53.9 Å². The van der Waals surface area contributed by atoms with E-state index < -0.39 is 0 Å². The summed E-state index contributed by atoms with van der Waals surface area (Å²) in [6.45, 7) is 4.04. The van der Waals surface area contributed by atoms with Crippen molar-refractivity contribution in [2.45, 2.75) is 38.3 Å². The summed E-state index contributed by atoms with van der Waals surface area (Å²) in [6.07, 6.45) is 6.54. The molecule has 0 aliphatic heterocycles. The summed E-state index contributed by atoms with van der Waals surface area (Å²) in [5.74, 6) is 0.755. The molecule has 1 aliphatic rings. The first-order chi connectivity index (χ1) is 9.31. The van der Waals surface area contributed by atoms with E-state index in [-0.39, 0.29) is 0 Å². The molecule has 0 amide bonds. The Morgan fingerprint density at radius 2 is 2.05 bits per heavy atom. The molecule has 1 N–H and O–H groups in total. The van der Waals surface area contributed by atoms with Gasteiger partial charge in [-0.25, -0.2) is 0 Å². The predicted molar refractivity (Wildman–Crippen MR) is 77.2 cm³/mol. The van der Waals surface area contributed by atoms with Gasteiger partial charge in [-0.1, -0.05) is 30.3 Å². The minimum atomic E-state index is 0.682.